The summed E-state index contributed by atoms with van der Waals surface area (Å²) in [6.45, 7) is 12.3. The summed E-state index contributed by atoms with van der Waals surface area (Å²) in [4.78, 5) is 19.3. The van der Waals surface area contributed by atoms with E-state index in [0.29, 0.717) is 25.6 Å². The van der Waals surface area contributed by atoms with Gasteiger partial charge in [0.25, 0.3) is 0 Å². The first-order valence-corrected chi connectivity index (χ1v) is 15.1. The number of hydrogen-bond acceptors (Lipinski definition) is 5. The number of thioether (sulfide) groups is 1. The molecule has 5 rings (SSSR count). The zero-order valence-corrected chi connectivity index (χ0v) is 25.1. The first kappa shape index (κ1) is 28.3. The van der Waals surface area contributed by atoms with Gasteiger partial charge in [0.05, 0.1) is 12.3 Å². The molecule has 0 bridgehead atoms. The van der Waals surface area contributed by atoms with E-state index in [2.05, 4.69) is 60.7 Å². The van der Waals surface area contributed by atoms with Crippen LogP contribution in [0.1, 0.15) is 69.0 Å². The Morgan fingerprint density at radius 3 is 2.52 bits per heavy atom. The van der Waals surface area contributed by atoms with Gasteiger partial charge in [-0.1, -0.05) is 57.2 Å². The summed E-state index contributed by atoms with van der Waals surface area (Å²) in [6.07, 6.45) is 4.93. The molecule has 0 spiro atoms. The molecule has 5 nitrogen and oxygen atoms in total. The summed E-state index contributed by atoms with van der Waals surface area (Å²) in [5.74, 6) is 0.879. The number of aryl methyl sites for hydroxylation is 1. The lowest BCUT2D eigenvalue weighted by molar-refractivity contribution is -0.145. The molecule has 2 aromatic heterocycles. The molecule has 6 heteroatoms. The predicted molar refractivity (Wildman–Crippen MR) is 163 cm³/mol. The lowest BCUT2D eigenvalue weighted by Crippen LogP contribution is -2.23. The van der Waals surface area contributed by atoms with E-state index in [-0.39, 0.29) is 10.7 Å². The largest absolute Gasteiger partial charge is 0.487 e. The standard InChI is InChI=1S/C34H40N2O3S/c1-6-38-33(37)29(18-24-10-8-7-9-11-24)31-32(40-34(3,4)5)28-19-27(39-22-26-15-12-23(2)20-35-26)16-17-30(28)36(31)21-25-13-14-25/h7-12,15-17,19-20,25,29H,6,13-14,18,21-22H2,1-5H3. The Bertz CT molecular complexity index is 1450. The second-order valence-electron chi connectivity index (χ2n) is 11.8. The molecule has 1 saturated carbocycles. The van der Waals surface area contributed by atoms with Gasteiger partial charge in [0, 0.05) is 39.0 Å². The highest BCUT2D eigenvalue weighted by Crippen LogP contribution is 2.47. The van der Waals surface area contributed by atoms with Crippen LogP contribution in [0, 0.1) is 12.8 Å². The number of carbonyl (C=O) groups excluding carboxylic acids is 1. The fourth-order valence-corrected chi connectivity index (χ4v) is 6.30. The van der Waals surface area contributed by atoms with Gasteiger partial charge in [-0.05, 0) is 74.4 Å². The quantitative estimate of drug-likeness (QED) is 0.138. The van der Waals surface area contributed by atoms with Crippen LogP contribution in [-0.2, 0) is 29.1 Å². The molecule has 1 atom stereocenters. The minimum atomic E-state index is -0.403. The molecule has 210 valence electrons. The lowest BCUT2D eigenvalue weighted by atomic mass is 9.95. The first-order chi connectivity index (χ1) is 19.2. The maximum atomic E-state index is 13.7. The van der Waals surface area contributed by atoms with Gasteiger partial charge in [-0.2, -0.15) is 0 Å². The van der Waals surface area contributed by atoms with E-state index in [9.17, 15) is 4.79 Å². The zero-order valence-electron chi connectivity index (χ0n) is 24.3. The van der Waals surface area contributed by atoms with Crippen LogP contribution in [-0.4, -0.2) is 26.9 Å². The van der Waals surface area contributed by atoms with E-state index in [1.165, 1.54) is 12.8 Å². The van der Waals surface area contributed by atoms with Crippen LogP contribution in [0.5, 0.6) is 5.75 Å². The van der Waals surface area contributed by atoms with Gasteiger partial charge in [0.2, 0.25) is 0 Å². The second-order valence-corrected chi connectivity index (χ2v) is 13.6. The van der Waals surface area contributed by atoms with Gasteiger partial charge >= 0.3 is 5.97 Å². The molecular weight excluding hydrogens is 516 g/mol. The Hall–Kier alpha value is -3.25. The van der Waals surface area contributed by atoms with Crippen LogP contribution < -0.4 is 4.74 Å². The fourth-order valence-electron chi connectivity index (χ4n) is 5.05. The SMILES string of the molecule is CCOC(=O)C(Cc1ccccc1)c1c(SC(C)(C)C)c2cc(OCc3ccc(C)cn3)ccc2n1CC1CC1. The van der Waals surface area contributed by atoms with Crippen molar-refractivity contribution in [3.05, 3.63) is 89.4 Å². The molecule has 2 heterocycles. The molecule has 1 aliphatic rings. The van der Waals surface area contributed by atoms with Gasteiger partial charge in [-0.25, -0.2) is 0 Å². The summed E-state index contributed by atoms with van der Waals surface area (Å²) >= 11 is 1.83. The van der Waals surface area contributed by atoms with E-state index >= 15 is 0 Å². The molecule has 4 aromatic rings. The first-order valence-electron chi connectivity index (χ1n) is 14.3. The molecule has 0 saturated heterocycles. The number of carbonyl (C=O) groups is 1. The third-order valence-electron chi connectivity index (χ3n) is 7.12. The maximum absolute atomic E-state index is 13.7. The van der Waals surface area contributed by atoms with E-state index in [1.807, 2.05) is 62.1 Å². The second kappa shape index (κ2) is 12.1. The van der Waals surface area contributed by atoms with Crippen LogP contribution in [0.4, 0.5) is 0 Å². The Labute approximate surface area is 242 Å². The summed E-state index contributed by atoms with van der Waals surface area (Å²) in [5.41, 5.74) is 5.38. The van der Waals surface area contributed by atoms with Crippen molar-refractivity contribution >= 4 is 28.6 Å². The summed E-state index contributed by atoms with van der Waals surface area (Å²) < 4.78 is 14.3. The Morgan fingerprint density at radius 1 is 1.10 bits per heavy atom. The third-order valence-corrected chi connectivity index (χ3v) is 8.36. The molecule has 1 unspecified atom stereocenters. The summed E-state index contributed by atoms with van der Waals surface area (Å²) in [5, 5.41) is 1.13. The fraction of sp³-hybridized carbons (Fsp3) is 0.412. The number of pyridine rings is 1. The molecule has 40 heavy (non-hydrogen) atoms. The minimum Gasteiger partial charge on any atom is -0.487 e. The maximum Gasteiger partial charge on any atom is 0.315 e. The summed E-state index contributed by atoms with van der Waals surface area (Å²) in [7, 11) is 0. The number of ether oxygens (including phenoxy) is 2. The average Bonchev–Trinajstić information content (AvgIpc) is 3.70. The number of esters is 1. The highest BCUT2D eigenvalue weighted by atomic mass is 32.2. The van der Waals surface area contributed by atoms with Crippen molar-refractivity contribution in [1.82, 2.24) is 9.55 Å². The molecular formula is C34H40N2O3S. The molecule has 0 aliphatic heterocycles. The van der Waals surface area contributed by atoms with Crippen molar-refractivity contribution in [3.63, 3.8) is 0 Å². The van der Waals surface area contributed by atoms with Crippen molar-refractivity contribution in [1.29, 1.82) is 0 Å². The highest BCUT2D eigenvalue weighted by Gasteiger charge is 2.35. The van der Waals surface area contributed by atoms with Gasteiger partial charge in [-0.3, -0.25) is 9.78 Å². The smallest absolute Gasteiger partial charge is 0.315 e. The molecule has 1 fully saturated rings. The van der Waals surface area contributed by atoms with Crippen LogP contribution in [0.3, 0.4) is 0 Å². The molecule has 0 N–H and O–H groups in total. The van der Waals surface area contributed by atoms with Gasteiger partial charge in [0.1, 0.15) is 18.3 Å². The van der Waals surface area contributed by atoms with Crippen molar-refractivity contribution < 1.29 is 14.3 Å². The van der Waals surface area contributed by atoms with E-state index < -0.39 is 5.92 Å². The van der Waals surface area contributed by atoms with E-state index in [0.717, 1.165) is 50.6 Å². The number of nitrogens with zero attached hydrogens (tertiary/aromatic N) is 2. The Morgan fingerprint density at radius 2 is 1.88 bits per heavy atom. The van der Waals surface area contributed by atoms with Crippen LogP contribution in [0.15, 0.2) is 71.8 Å². The highest BCUT2D eigenvalue weighted by molar-refractivity contribution is 8.00. The third kappa shape index (κ3) is 6.90. The zero-order chi connectivity index (χ0) is 28.3. The number of rotatable bonds is 11. The summed E-state index contributed by atoms with van der Waals surface area (Å²) in [6, 6.07) is 20.7. The van der Waals surface area contributed by atoms with Gasteiger partial charge in [0.15, 0.2) is 0 Å². The van der Waals surface area contributed by atoms with Crippen molar-refractivity contribution in [2.45, 2.75) is 82.6 Å². The monoisotopic (exact) mass is 556 g/mol. The van der Waals surface area contributed by atoms with Gasteiger partial charge < -0.3 is 14.0 Å². The molecule has 1 aliphatic carbocycles. The van der Waals surface area contributed by atoms with E-state index in [4.69, 9.17) is 9.47 Å². The topological polar surface area (TPSA) is 53.4 Å². The number of fused-ring (bicyclic) bond motifs is 1. The molecule has 2 aromatic carbocycles. The van der Waals surface area contributed by atoms with Crippen molar-refractivity contribution in [2.75, 3.05) is 6.61 Å². The number of benzene rings is 2. The van der Waals surface area contributed by atoms with E-state index in [1.54, 1.807) is 0 Å². The molecule has 0 radical (unpaired) electrons. The molecule has 0 amide bonds. The predicted octanol–water partition coefficient (Wildman–Crippen LogP) is 8.11. The van der Waals surface area contributed by atoms with Crippen LogP contribution >= 0.6 is 11.8 Å². The Balaban J connectivity index is 1.63. The minimum absolute atomic E-state index is 0.0535. The van der Waals surface area contributed by atoms with Crippen LogP contribution in [0.25, 0.3) is 10.9 Å². The number of hydrogen-bond donors (Lipinski definition) is 0. The Kier molecular flexibility index (Phi) is 8.55. The average molecular weight is 557 g/mol. The van der Waals surface area contributed by atoms with Gasteiger partial charge in [-0.15, -0.1) is 11.8 Å². The normalized spacial score (nSPS) is 14.3. The lowest BCUT2D eigenvalue weighted by Gasteiger charge is -2.24. The van der Waals surface area contributed by atoms with Crippen molar-refractivity contribution in [3.8, 4) is 5.75 Å². The van der Waals surface area contributed by atoms with Crippen molar-refractivity contribution in [2.24, 2.45) is 5.92 Å². The number of aromatic nitrogens is 2. The van der Waals surface area contributed by atoms with Crippen LogP contribution in [0.2, 0.25) is 0 Å².